The molecule has 0 aliphatic carbocycles. The second kappa shape index (κ2) is 13.6. The van der Waals surface area contributed by atoms with Crippen molar-refractivity contribution in [2.75, 3.05) is 20.2 Å². The van der Waals surface area contributed by atoms with Crippen LogP contribution in [-0.4, -0.2) is 31.3 Å². The van der Waals surface area contributed by atoms with Crippen LogP contribution in [0.1, 0.15) is 56.2 Å². The van der Waals surface area contributed by atoms with Crippen molar-refractivity contribution in [2.24, 2.45) is 4.99 Å². The fraction of sp³-hybridized carbons (Fsp3) is 0.579. The third-order valence-electron chi connectivity index (χ3n) is 4.22. The van der Waals surface area contributed by atoms with Crippen LogP contribution in [0, 0.1) is 0 Å². The molecular formula is C19H31IN4O3. The lowest BCUT2D eigenvalue weighted by atomic mass is 9.99. The van der Waals surface area contributed by atoms with Crippen molar-refractivity contribution in [3.05, 3.63) is 41.7 Å². The van der Waals surface area contributed by atoms with E-state index in [4.69, 9.17) is 13.7 Å². The van der Waals surface area contributed by atoms with Crippen molar-refractivity contribution in [3.8, 4) is 0 Å². The standard InChI is InChI=1S/C19H30N4O3.HI/c1-4-15(5-2)18-12-17(26-23-18)13-22-19(20-3)21-9-7-10-24-14-16-8-6-11-25-16;/h6,8,11-12,15H,4-5,7,9-10,13-14H2,1-3H3,(H2,20,21,22);1H. The summed E-state index contributed by atoms with van der Waals surface area (Å²) >= 11 is 0. The highest BCUT2D eigenvalue weighted by atomic mass is 127. The van der Waals surface area contributed by atoms with Crippen molar-refractivity contribution in [3.63, 3.8) is 0 Å². The first-order chi connectivity index (χ1) is 12.8. The van der Waals surface area contributed by atoms with Gasteiger partial charge in [-0.15, -0.1) is 24.0 Å². The predicted octanol–water partition coefficient (Wildman–Crippen LogP) is 4.06. The van der Waals surface area contributed by atoms with Crippen molar-refractivity contribution >= 4 is 29.9 Å². The first kappa shape index (κ1) is 23.5. The number of nitrogens with zero attached hydrogens (tertiary/aromatic N) is 2. The zero-order valence-electron chi connectivity index (χ0n) is 16.4. The Kier molecular flexibility index (Phi) is 11.8. The third-order valence-corrected chi connectivity index (χ3v) is 4.22. The highest BCUT2D eigenvalue weighted by molar-refractivity contribution is 14.0. The van der Waals surface area contributed by atoms with Crippen molar-refractivity contribution < 1.29 is 13.7 Å². The van der Waals surface area contributed by atoms with Gasteiger partial charge >= 0.3 is 0 Å². The maximum absolute atomic E-state index is 5.55. The first-order valence-electron chi connectivity index (χ1n) is 9.26. The summed E-state index contributed by atoms with van der Waals surface area (Å²) in [7, 11) is 1.75. The summed E-state index contributed by atoms with van der Waals surface area (Å²) in [6.45, 7) is 6.83. The van der Waals surface area contributed by atoms with Gasteiger partial charge in [0.05, 0.1) is 18.5 Å². The Labute approximate surface area is 178 Å². The zero-order valence-corrected chi connectivity index (χ0v) is 18.7. The number of rotatable bonds is 11. The molecule has 2 N–H and O–H groups in total. The molecule has 2 rings (SSSR count). The van der Waals surface area contributed by atoms with Crippen molar-refractivity contribution in [1.29, 1.82) is 0 Å². The molecule has 27 heavy (non-hydrogen) atoms. The largest absolute Gasteiger partial charge is 0.467 e. The summed E-state index contributed by atoms with van der Waals surface area (Å²) < 4.78 is 16.2. The molecule has 0 saturated heterocycles. The van der Waals surface area contributed by atoms with Crippen LogP contribution in [0.5, 0.6) is 0 Å². The smallest absolute Gasteiger partial charge is 0.191 e. The number of aliphatic imine (C=N–C) groups is 1. The van der Waals surface area contributed by atoms with Crippen LogP contribution in [0.4, 0.5) is 0 Å². The Balaban J connectivity index is 0.00000364. The molecule has 0 fully saturated rings. The van der Waals surface area contributed by atoms with E-state index in [1.165, 1.54) is 0 Å². The number of aromatic nitrogens is 1. The number of halogens is 1. The van der Waals surface area contributed by atoms with Gasteiger partial charge in [0.1, 0.15) is 12.4 Å². The molecule has 0 atom stereocenters. The van der Waals surface area contributed by atoms with Gasteiger partial charge < -0.3 is 24.3 Å². The minimum absolute atomic E-state index is 0. The number of hydrogen-bond donors (Lipinski definition) is 2. The Morgan fingerprint density at radius 1 is 1.26 bits per heavy atom. The Bertz CT molecular complexity index is 639. The maximum atomic E-state index is 5.55. The third kappa shape index (κ3) is 8.34. The van der Waals surface area contributed by atoms with E-state index in [2.05, 4.69) is 34.6 Å². The monoisotopic (exact) mass is 490 g/mol. The molecule has 0 saturated carbocycles. The lowest BCUT2D eigenvalue weighted by Gasteiger charge is -2.10. The molecule has 2 aromatic rings. The second-order valence-corrected chi connectivity index (χ2v) is 6.07. The minimum Gasteiger partial charge on any atom is -0.467 e. The van der Waals surface area contributed by atoms with Gasteiger partial charge in [0.2, 0.25) is 0 Å². The number of ether oxygens (including phenoxy) is 1. The average Bonchev–Trinajstić information content (AvgIpc) is 3.34. The molecule has 152 valence electrons. The zero-order chi connectivity index (χ0) is 18.6. The van der Waals surface area contributed by atoms with E-state index < -0.39 is 0 Å². The van der Waals surface area contributed by atoms with E-state index in [1.54, 1.807) is 13.3 Å². The van der Waals surface area contributed by atoms with Gasteiger partial charge in [-0.25, -0.2) is 0 Å². The van der Waals surface area contributed by atoms with Crippen LogP contribution in [0.25, 0.3) is 0 Å². The molecule has 0 aromatic carbocycles. The normalized spacial score (nSPS) is 11.5. The van der Waals surface area contributed by atoms with E-state index in [0.717, 1.165) is 49.0 Å². The number of furan rings is 1. The maximum Gasteiger partial charge on any atom is 0.191 e. The summed E-state index contributed by atoms with van der Waals surface area (Å²) in [6.07, 6.45) is 4.67. The molecule has 0 unspecified atom stereocenters. The van der Waals surface area contributed by atoms with E-state index in [-0.39, 0.29) is 24.0 Å². The van der Waals surface area contributed by atoms with Crippen LogP contribution in [0.3, 0.4) is 0 Å². The number of nitrogens with one attached hydrogen (secondary N) is 2. The van der Waals surface area contributed by atoms with Gasteiger partial charge in [0, 0.05) is 32.2 Å². The predicted molar refractivity (Wildman–Crippen MR) is 116 cm³/mol. The minimum atomic E-state index is 0. The quantitative estimate of drug-likeness (QED) is 0.214. The van der Waals surface area contributed by atoms with Gasteiger partial charge in [-0.2, -0.15) is 0 Å². The van der Waals surface area contributed by atoms with Crippen molar-refractivity contribution in [1.82, 2.24) is 15.8 Å². The molecule has 0 amide bonds. The fourth-order valence-electron chi connectivity index (χ4n) is 2.65. The average molecular weight is 490 g/mol. The second-order valence-electron chi connectivity index (χ2n) is 6.07. The summed E-state index contributed by atoms with van der Waals surface area (Å²) in [6, 6.07) is 5.79. The highest BCUT2D eigenvalue weighted by Crippen LogP contribution is 2.22. The summed E-state index contributed by atoms with van der Waals surface area (Å²) in [4.78, 5) is 4.21. The van der Waals surface area contributed by atoms with E-state index in [0.29, 0.717) is 25.7 Å². The van der Waals surface area contributed by atoms with E-state index >= 15 is 0 Å². The van der Waals surface area contributed by atoms with Crippen molar-refractivity contribution in [2.45, 2.75) is 52.2 Å². The molecule has 2 heterocycles. The van der Waals surface area contributed by atoms with Gasteiger partial charge in [-0.3, -0.25) is 4.99 Å². The van der Waals surface area contributed by atoms with Crippen LogP contribution < -0.4 is 10.6 Å². The molecular weight excluding hydrogens is 459 g/mol. The molecule has 8 heteroatoms. The van der Waals surface area contributed by atoms with E-state index in [9.17, 15) is 0 Å². The Morgan fingerprint density at radius 3 is 2.74 bits per heavy atom. The van der Waals surface area contributed by atoms with Crippen LogP contribution in [0.15, 0.2) is 38.4 Å². The SMILES string of the molecule is CCC(CC)c1cc(CNC(=NC)NCCCOCc2ccco2)on1.I. The van der Waals surface area contributed by atoms with E-state index in [1.807, 2.05) is 18.2 Å². The van der Waals surface area contributed by atoms with Gasteiger partial charge in [0.25, 0.3) is 0 Å². The molecule has 0 spiro atoms. The van der Waals surface area contributed by atoms with Crippen LogP contribution >= 0.6 is 24.0 Å². The lowest BCUT2D eigenvalue weighted by molar-refractivity contribution is 0.105. The number of hydrogen-bond acceptors (Lipinski definition) is 5. The Morgan fingerprint density at radius 2 is 2.07 bits per heavy atom. The summed E-state index contributed by atoms with van der Waals surface area (Å²) in [5, 5.41) is 10.7. The first-order valence-corrected chi connectivity index (χ1v) is 9.26. The fourth-order valence-corrected chi connectivity index (χ4v) is 2.65. The molecule has 7 nitrogen and oxygen atoms in total. The summed E-state index contributed by atoms with van der Waals surface area (Å²) in [5.41, 5.74) is 1.03. The topological polar surface area (TPSA) is 84.8 Å². The molecule has 0 aliphatic heterocycles. The van der Waals surface area contributed by atoms with Gasteiger partial charge in [-0.05, 0) is 31.4 Å². The number of guanidine groups is 1. The molecule has 0 radical (unpaired) electrons. The molecule has 0 bridgehead atoms. The van der Waals surface area contributed by atoms with Crippen LogP contribution in [0.2, 0.25) is 0 Å². The molecule has 2 aromatic heterocycles. The summed E-state index contributed by atoms with van der Waals surface area (Å²) in [5.74, 6) is 2.86. The Hall–Kier alpha value is -1.55. The molecule has 0 aliphatic rings. The highest BCUT2D eigenvalue weighted by Gasteiger charge is 2.13. The lowest BCUT2D eigenvalue weighted by Crippen LogP contribution is -2.37. The van der Waals surface area contributed by atoms with Crippen LogP contribution in [-0.2, 0) is 17.9 Å². The van der Waals surface area contributed by atoms with Gasteiger partial charge in [0.15, 0.2) is 11.7 Å². The van der Waals surface area contributed by atoms with Gasteiger partial charge in [-0.1, -0.05) is 19.0 Å².